The number of thiazole rings is 1. The number of hydrogen-bond acceptors (Lipinski definition) is 7. The van der Waals surface area contributed by atoms with E-state index in [1.54, 1.807) is 76.6 Å². The fourth-order valence-corrected chi connectivity index (χ4v) is 5.01. The molecule has 34 heavy (non-hydrogen) atoms. The highest BCUT2D eigenvalue weighted by Crippen LogP contribution is 2.31. The molecular formula is C25H23ClN2O5S. The number of rotatable bonds is 6. The lowest BCUT2D eigenvalue weighted by Crippen LogP contribution is -2.39. The number of benzene rings is 2. The number of aromatic nitrogens is 1. The highest BCUT2D eigenvalue weighted by atomic mass is 35.5. The molecule has 0 N–H and O–H groups in total. The van der Waals surface area contributed by atoms with Crippen LogP contribution in [-0.4, -0.2) is 31.4 Å². The molecule has 1 unspecified atom stereocenters. The lowest BCUT2D eigenvalue weighted by Gasteiger charge is -2.24. The zero-order valence-electron chi connectivity index (χ0n) is 19.1. The standard InChI is InChI=1S/C25H23ClN2O5S/c1-5-33-24(30)21-14(2)27-25-28(22(21)15-6-8-17(26)9-7-15)23(29)20(34-25)13-16-12-18(31-3)10-11-19(16)32-4/h6-13,22H,5H2,1-4H3. The van der Waals surface area contributed by atoms with E-state index in [9.17, 15) is 9.59 Å². The Morgan fingerprint density at radius 2 is 1.91 bits per heavy atom. The van der Waals surface area contributed by atoms with Crippen molar-refractivity contribution in [1.29, 1.82) is 0 Å². The van der Waals surface area contributed by atoms with E-state index in [1.807, 2.05) is 0 Å². The average Bonchev–Trinajstić information content (AvgIpc) is 3.13. The number of nitrogens with zero attached hydrogens (tertiary/aromatic N) is 2. The number of fused-ring (bicyclic) bond motifs is 1. The van der Waals surface area contributed by atoms with Gasteiger partial charge in [-0.15, -0.1) is 0 Å². The number of carbonyl (C=O) groups is 1. The van der Waals surface area contributed by atoms with Crippen LogP contribution >= 0.6 is 22.9 Å². The largest absolute Gasteiger partial charge is 0.497 e. The molecule has 9 heteroatoms. The number of methoxy groups -OCH3 is 2. The van der Waals surface area contributed by atoms with E-state index in [0.29, 0.717) is 42.7 Å². The summed E-state index contributed by atoms with van der Waals surface area (Å²) in [7, 11) is 3.14. The monoisotopic (exact) mass is 498 g/mol. The normalized spacial score (nSPS) is 15.6. The molecule has 1 atom stereocenters. The lowest BCUT2D eigenvalue weighted by atomic mass is 9.96. The van der Waals surface area contributed by atoms with Gasteiger partial charge in [0, 0.05) is 10.6 Å². The maximum Gasteiger partial charge on any atom is 0.338 e. The van der Waals surface area contributed by atoms with Crippen molar-refractivity contribution in [2.45, 2.75) is 19.9 Å². The molecule has 1 aliphatic rings. The second-order valence-electron chi connectivity index (χ2n) is 7.46. The number of allylic oxidation sites excluding steroid dienone is 1. The number of esters is 1. The average molecular weight is 499 g/mol. The first-order valence-corrected chi connectivity index (χ1v) is 11.7. The third-order valence-corrected chi connectivity index (χ3v) is 6.66. The van der Waals surface area contributed by atoms with Crippen molar-refractivity contribution in [2.24, 2.45) is 4.99 Å². The second-order valence-corrected chi connectivity index (χ2v) is 8.91. The zero-order valence-corrected chi connectivity index (χ0v) is 20.7. The van der Waals surface area contributed by atoms with Gasteiger partial charge in [0.1, 0.15) is 11.5 Å². The summed E-state index contributed by atoms with van der Waals surface area (Å²) in [6.45, 7) is 3.70. The molecule has 0 aliphatic carbocycles. The van der Waals surface area contributed by atoms with Crippen LogP contribution in [0.3, 0.4) is 0 Å². The summed E-state index contributed by atoms with van der Waals surface area (Å²) in [5.74, 6) is 0.732. The van der Waals surface area contributed by atoms with Crippen LogP contribution in [0, 0.1) is 0 Å². The maximum atomic E-state index is 13.7. The van der Waals surface area contributed by atoms with Gasteiger partial charge < -0.3 is 14.2 Å². The predicted octanol–water partition coefficient (Wildman–Crippen LogP) is 3.47. The summed E-state index contributed by atoms with van der Waals surface area (Å²) in [4.78, 5) is 31.7. The van der Waals surface area contributed by atoms with E-state index in [1.165, 1.54) is 15.9 Å². The lowest BCUT2D eigenvalue weighted by molar-refractivity contribution is -0.139. The van der Waals surface area contributed by atoms with Crippen molar-refractivity contribution in [3.05, 3.63) is 89.6 Å². The van der Waals surface area contributed by atoms with Crippen LogP contribution in [0.1, 0.15) is 31.0 Å². The number of halogens is 1. The Kier molecular flexibility index (Phi) is 6.90. The van der Waals surface area contributed by atoms with E-state index in [4.69, 9.17) is 25.8 Å². The number of hydrogen-bond donors (Lipinski definition) is 0. The smallest absolute Gasteiger partial charge is 0.338 e. The molecule has 1 aromatic heterocycles. The quantitative estimate of drug-likeness (QED) is 0.486. The molecule has 3 aromatic rings. The molecule has 176 valence electrons. The molecule has 1 aliphatic heterocycles. The van der Waals surface area contributed by atoms with E-state index >= 15 is 0 Å². The molecule has 0 bridgehead atoms. The Balaban J connectivity index is 1.96. The number of carbonyl (C=O) groups excluding carboxylic acids is 1. The van der Waals surface area contributed by atoms with Crippen LogP contribution in [0.25, 0.3) is 6.08 Å². The van der Waals surface area contributed by atoms with Crippen LogP contribution < -0.4 is 24.4 Å². The molecule has 2 heterocycles. The molecular weight excluding hydrogens is 476 g/mol. The van der Waals surface area contributed by atoms with Crippen LogP contribution in [-0.2, 0) is 9.53 Å². The van der Waals surface area contributed by atoms with E-state index in [2.05, 4.69) is 4.99 Å². The Labute approximate surface area is 205 Å². The molecule has 0 fully saturated rings. The molecule has 4 rings (SSSR count). The van der Waals surface area contributed by atoms with E-state index < -0.39 is 12.0 Å². The molecule has 0 saturated carbocycles. The third-order valence-electron chi connectivity index (χ3n) is 5.43. The van der Waals surface area contributed by atoms with Crippen LogP contribution in [0.2, 0.25) is 5.02 Å². The molecule has 7 nitrogen and oxygen atoms in total. The molecule has 0 saturated heterocycles. The van der Waals surface area contributed by atoms with Gasteiger partial charge in [0.15, 0.2) is 4.80 Å². The van der Waals surface area contributed by atoms with Crippen molar-refractivity contribution < 1.29 is 19.0 Å². The SMILES string of the molecule is CCOC(=O)C1=C(C)N=c2sc(=Cc3cc(OC)ccc3OC)c(=O)n2C1c1ccc(Cl)cc1. The second kappa shape index (κ2) is 9.87. The van der Waals surface area contributed by atoms with Crippen molar-refractivity contribution in [1.82, 2.24) is 4.57 Å². The summed E-state index contributed by atoms with van der Waals surface area (Å²) < 4.78 is 18.1. The fraction of sp³-hybridized carbons (Fsp3) is 0.240. The van der Waals surface area contributed by atoms with Crippen molar-refractivity contribution in [3.8, 4) is 11.5 Å². The Morgan fingerprint density at radius 1 is 1.18 bits per heavy atom. The molecule has 0 amide bonds. The first-order valence-electron chi connectivity index (χ1n) is 10.5. The summed E-state index contributed by atoms with van der Waals surface area (Å²) in [6.07, 6.45) is 1.74. The fourth-order valence-electron chi connectivity index (χ4n) is 3.85. The van der Waals surface area contributed by atoms with E-state index in [0.717, 1.165) is 5.56 Å². The Bertz CT molecular complexity index is 1450. The third kappa shape index (κ3) is 4.38. The Hall–Kier alpha value is -3.36. The summed E-state index contributed by atoms with van der Waals surface area (Å²) in [5.41, 5.74) is 1.97. The predicted molar refractivity (Wildman–Crippen MR) is 131 cm³/mol. The van der Waals surface area contributed by atoms with Gasteiger partial charge in [0.05, 0.1) is 42.7 Å². The van der Waals surface area contributed by atoms with Crippen LogP contribution in [0.15, 0.2) is 63.5 Å². The maximum absolute atomic E-state index is 13.7. The zero-order chi connectivity index (χ0) is 24.4. The van der Waals surface area contributed by atoms with Gasteiger partial charge in [0.25, 0.3) is 5.56 Å². The molecule has 0 spiro atoms. The van der Waals surface area contributed by atoms with Gasteiger partial charge >= 0.3 is 5.97 Å². The van der Waals surface area contributed by atoms with E-state index in [-0.39, 0.29) is 12.2 Å². The van der Waals surface area contributed by atoms with Gasteiger partial charge in [-0.05, 0) is 55.8 Å². The summed E-state index contributed by atoms with van der Waals surface area (Å²) in [5, 5.41) is 0.555. The summed E-state index contributed by atoms with van der Waals surface area (Å²) >= 11 is 7.33. The first kappa shape index (κ1) is 23.8. The highest BCUT2D eigenvalue weighted by molar-refractivity contribution is 7.07. The van der Waals surface area contributed by atoms with Crippen molar-refractivity contribution in [2.75, 3.05) is 20.8 Å². The minimum atomic E-state index is -0.693. The van der Waals surface area contributed by atoms with Crippen LogP contribution in [0.5, 0.6) is 11.5 Å². The molecule has 2 aromatic carbocycles. The Morgan fingerprint density at radius 3 is 2.56 bits per heavy atom. The van der Waals surface area contributed by atoms with Gasteiger partial charge in [0.2, 0.25) is 0 Å². The van der Waals surface area contributed by atoms with Gasteiger partial charge in [-0.25, -0.2) is 9.79 Å². The highest BCUT2D eigenvalue weighted by Gasteiger charge is 2.33. The van der Waals surface area contributed by atoms with Gasteiger partial charge in [-0.1, -0.05) is 35.1 Å². The molecule has 0 radical (unpaired) electrons. The van der Waals surface area contributed by atoms with Crippen LogP contribution in [0.4, 0.5) is 0 Å². The number of ether oxygens (including phenoxy) is 3. The van der Waals surface area contributed by atoms with Gasteiger partial charge in [-0.2, -0.15) is 0 Å². The summed E-state index contributed by atoms with van der Waals surface area (Å²) in [6, 6.07) is 11.7. The van der Waals surface area contributed by atoms with Crippen molar-refractivity contribution >= 4 is 35.0 Å². The minimum Gasteiger partial charge on any atom is -0.497 e. The minimum absolute atomic E-state index is 0.211. The topological polar surface area (TPSA) is 79.1 Å². The first-order chi connectivity index (χ1) is 16.4. The van der Waals surface area contributed by atoms with Gasteiger partial charge in [-0.3, -0.25) is 9.36 Å². The van der Waals surface area contributed by atoms with Crippen molar-refractivity contribution in [3.63, 3.8) is 0 Å².